The smallest absolute Gasteiger partial charge is 0.431 e. The Morgan fingerprint density at radius 3 is 2.39 bits per heavy atom. The maximum atomic E-state index is 11.3. The summed E-state index contributed by atoms with van der Waals surface area (Å²) < 4.78 is 9.98. The maximum Gasteiger partial charge on any atom is 0.431 e. The van der Waals surface area contributed by atoms with Gasteiger partial charge in [-0.05, 0) is 26.8 Å². The normalized spacial score (nSPS) is 22.7. The first-order chi connectivity index (χ1) is 8.26. The summed E-state index contributed by atoms with van der Waals surface area (Å²) >= 11 is 0. The van der Waals surface area contributed by atoms with Crippen LogP contribution in [0.5, 0.6) is 0 Å². The Labute approximate surface area is 106 Å². The SMILES string of the molecule is CC(=O)O[C@H]1C=C[C@H](ONC(=O)OC(C)(C)C)C1. The molecule has 0 aromatic carbocycles. The summed E-state index contributed by atoms with van der Waals surface area (Å²) in [5.74, 6) is -0.342. The minimum absolute atomic E-state index is 0.298. The molecule has 1 amide bonds. The topological polar surface area (TPSA) is 73.9 Å². The standard InChI is InChI=1S/C12H19NO5/c1-8(14)16-9-5-6-10(7-9)18-13-11(15)17-12(2,3)4/h5-6,9-10H,7H2,1-4H3,(H,13,15)/t9-,10-/m0/s1. The lowest BCUT2D eigenvalue weighted by Gasteiger charge is -2.20. The molecule has 0 aromatic heterocycles. The van der Waals surface area contributed by atoms with Crippen LogP contribution in [0, 0.1) is 0 Å². The Kier molecular flexibility index (Phi) is 4.72. The van der Waals surface area contributed by atoms with E-state index < -0.39 is 11.7 Å². The second-order valence-corrected chi connectivity index (χ2v) is 5.03. The van der Waals surface area contributed by atoms with Crippen molar-refractivity contribution in [2.24, 2.45) is 0 Å². The Morgan fingerprint density at radius 2 is 1.83 bits per heavy atom. The van der Waals surface area contributed by atoms with Crippen molar-refractivity contribution in [3.8, 4) is 0 Å². The number of ether oxygens (including phenoxy) is 2. The molecule has 0 aromatic rings. The molecule has 1 aliphatic rings. The van der Waals surface area contributed by atoms with Gasteiger partial charge in [-0.25, -0.2) is 4.79 Å². The van der Waals surface area contributed by atoms with Crippen molar-refractivity contribution in [1.82, 2.24) is 5.48 Å². The quantitative estimate of drug-likeness (QED) is 0.473. The molecule has 6 heteroatoms. The zero-order valence-corrected chi connectivity index (χ0v) is 11.1. The number of amides is 1. The molecule has 1 rings (SSSR count). The second-order valence-electron chi connectivity index (χ2n) is 5.03. The molecule has 0 fully saturated rings. The van der Waals surface area contributed by atoms with Gasteiger partial charge in [-0.1, -0.05) is 6.08 Å². The third-order valence-corrected chi connectivity index (χ3v) is 2.01. The second kappa shape index (κ2) is 5.86. The highest BCUT2D eigenvalue weighted by molar-refractivity contribution is 5.66. The summed E-state index contributed by atoms with van der Waals surface area (Å²) in [6.45, 7) is 6.64. The number of carbonyl (C=O) groups excluding carboxylic acids is 2. The average molecular weight is 257 g/mol. The van der Waals surface area contributed by atoms with E-state index in [4.69, 9.17) is 14.3 Å². The summed E-state index contributed by atoms with van der Waals surface area (Å²) in [6.07, 6.45) is 2.67. The summed E-state index contributed by atoms with van der Waals surface area (Å²) in [5.41, 5.74) is 1.63. The Balaban J connectivity index is 2.24. The molecule has 1 aliphatic carbocycles. The lowest BCUT2D eigenvalue weighted by atomic mass is 10.2. The highest BCUT2D eigenvalue weighted by Crippen LogP contribution is 2.16. The number of hydrogen-bond donors (Lipinski definition) is 1. The summed E-state index contributed by atoms with van der Waals surface area (Å²) in [7, 11) is 0. The molecular formula is C12H19NO5. The molecule has 0 unspecified atom stereocenters. The third kappa shape index (κ3) is 5.67. The van der Waals surface area contributed by atoms with E-state index in [2.05, 4.69) is 5.48 Å². The zero-order chi connectivity index (χ0) is 13.8. The van der Waals surface area contributed by atoms with Crippen molar-refractivity contribution in [3.05, 3.63) is 12.2 Å². The number of nitrogens with one attached hydrogen (secondary N) is 1. The minimum Gasteiger partial charge on any atom is -0.458 e. The number of carbonyl (C=O) groups is 2. The summed E-state index contributed by atoms with van der Waals surface area (Å²) in [4.78, 5) is 27.2. The van der Waals surface area contributed by atoms with Gasteiger partial charge in [0.15, 0.2) is 0 Å². The Hall–Kier alpha value is -1.56. The molecule has 0 saturated heterocycles. The van der Waals surface area contributed by atoms with Gasteiger partial charge in [-0.3, -0.25) is 9.63 Å². The van der Waals surface area contributed by atoms with E-state index in [0.29, 0.717) is 6.42 Å². The molecule has 0 spiro atoms. The average Bonchev–Trinajstić information content (AvgIpc) is 2.59. The van der Waals surface area contributed by atoms with E-state index in [1.54, 1.807) is 32.9 Å². The van der Waals surface area contributed by atoms with Gasteiger partial charge in [0.25, 0.3) is 0 Å². The fourth-order valence-electron chi connectivity index (χ4n) is 1.44. The third-order valence-electron chi connectivity index (χ3n) is 2.01. The van der Waals surface area contributed by atoms with E-state index in [9.17, 15) is 9.59 Å². The van der Waals surface area contributed by atoms with Crippen molar-refractivity contribution in [1.29, 1.82) is 0 Å². The molecule has 0 heterocycles. The van der Waals surface area contributed by atoms with E-state index in [1.807, 2.05) is 0 Å². The van der Waals surface area contributed by atoms with Crippen molar-refractivity contribution in [2.75, 3.05) is 0 Å². The van der Waals surface area contributed by atoms with E-state index in [0.717, 1.165) is 0 Å². The van der Waals surface area contributed by atoms with Crippen molar-refractivity contribution < 1.29 is 23.9 Å². The number of hydroxylamine groups is 1. The molecule has 0 radical (unpaired) electrons. The molecule has 0 aliphatic heterocycles. The highest BCUT2D eigenvalue weighted by atomic mass is 16.7. The highest BCUT2D eigenvalue weighted by Gasteiger charge is 2.23. The number of hydrogen-bond acceptors (Lipinski definition) is 5. The largest absolute Gasteiger partial charge is 0.458 e. The molecule has 0 bridgehead atoms. The van der Waals surface area contributed by atoms with Gasteiger partial charge in [0, 0.05) is 13.3 Å². The van der Waals surface area contributed by atoms with Crippen LogP contribution in [0.25, 0.3) is 0 Å². The van der Waals surface area contributed by atoms with Crippen LogP contribution >= 0.6 is 0 Å². The number of esters is 1. The monoisotopic (exact) mass is 257 g/mol. The van der Waals surface area contributed by atoms with Crippen molar-refractivity contribution >= 4 is 12.1 Å². The van der Waals surface area contributed by atoms with Gasteiger partial charge in [0.2, 0.25) is 0 Å². The molecular weight excluding hydrogens is 238 g/mol. The van der Waals surface area contributed by atoms with Gasteiger partial charge >= 0.3 is 12.1 Å². The fraction of sp³-hybridized carbons (Fsp3) is 0.667. The van der Waals surface area contributed by atoms with Crippen LogP contribution in [0.15, 0.2) is 12.2 Å². The maximum absolute atomic E-state index is 11.3. The van der Waals surface area contributed by atoms with Crippen LogP contribution < -0.4 is 5.48 Å². The van der Waals surface area contributed by atoms with Crippen molar-refractivity contribution in [3.63, 3.8) is 0 Å². The Bertz CT molecular complexity index is 345. The van der Waals surface area contributed by atoms with Gasteiger partial charge < -0.3 is 9.47 Å². The minimum atomic E-state index is -0.646. The molecule has 18 heavy (non-hydrogen) atoms. The first-order valence-electron chi connectivity index (χ1n) is 5.76. The van der Waals surface area contributed by atoms with Crippen LogP contribution in [0.2, 0.25) is 0 Å². The van der Waals surface area contributed by atoms with Crippen molar-refractivity contribution in [2.45, 2.75) is 51.9 Å². The van der Waals surface area contributed by atoms with Gasteiger partial charge in [-0.15, -0.1) is 0 Å². The van der Waals surface area contributed by atoms with Crippen LogP contribution in [0.4, 0.5) is 4.79 Å². The van der Waals surface area contributed by atoms with Crippen LogP contribution in [-0.4, -0.2) is 29.9 Å². The molecule has 0 saturated carbocycles. The van der Waals surface area contributed by atoms with E-state index >= 15 is 0 Å². The number of rotatable bonds is 3. The van der Waals surface area contributed by atoms with E-state index in [-0.39, 0.29) is 18.2 Å². The Morgan fingerprint density at radius 1 is 1.22 bits per heavy atom. The zero-order valence-electron chi connectivity index (χ0n) is 11.1. The van der Waals surface area contributed by atoms with Crippen LogP contribution in [-0.2, 0) is 19.1 Å². The first-order valence-corrected chi connectivity index (χ1v) is 5.76. The van der Waals surface area contributed by atoms with Crippen LogP contribution in [0.1, 0.15) is 34.1 Å². The predicted octanol–water partition coefficient (Wildman–Crippen LogP) is 1.70. The summed E-state index contributed by atoms with van der Waals surface area (Å²) in [6, 6.07) is 0. The van der Waals surface area contributed by atoms with Crippen LogP contribution in [0.3, 0.4) is 0 Å². The summed E-state index contributed by atoms with van der Waals surface area (Å²) in [5, 5.41) is 0. The first kappa shape index (κ1) is 14.5. The molecule has 2 atom stereocenters. The fourth-order valence-corrected chi connectivity index (χ4v) is 1.44. The van der Waals surface area contributed by atoms with Gasteiger partial charge in [-0.2, -0.15) is 5.48 Å². The molecule has 6 nitrogen and oxygen atoms in total. The van der Waals surface area contributed by atoms with E-state index in [1.165, 1.54) is 6.92 Å². The molecule has 102 valence electrons. The van der Waals surface area contributed by atoms with Gasteiger partial charge in [0.05, 0.1) is 0 Å². The van der Waals surface area contributed by atoms with Gasteiger partial charge in [0.1, 0.15) is 17.8 Å². The predicted molar refractivity (Wildman–Crippen MR) is 63.6 cm³/mol. The lowest BCUT2D eigenvalue weighted by Crippen LogP contribution is -2.34. The molecule has 1 N–H and O–H groups in total. The lowest BCUT2D eigenvalue weighted by molar-refractivity contribution is -0.145.